The van der Waals surface area contributed by atoms with Gasteiger partial charge >= 0.3 is 5.97 Å². The summed E-state index contributed by atoms with van der Waals surface area (Å²) >= 11 is 5.94. The molecule has 1 aliphatic rings. The van der Waals surface area contributed by atoms with Crippen LogP contribution in [-0.2, 0) is 14.4 Å². The number of ether oxygens (including phenoxy) is 1. The number of carbonyl (C=O) groups is 3. The summed E-state index contributed by atoms with van der Waals surface area (Å²) < 4.78 is 5.11. The number of esters is 1. The Morgan fingerprint density at radius 3 is 2.77 bits per heavy atom. The Morgan fingerprint density at radius 2 is 2.05 bits per heavy atom. The number of rotatable bonds is 5. The Balaban J connectivity index is 1.95. The van der Waals surface area contributed by atoms with Gasteiger partial charge in [-0.25, -0.2) is 4.79 Å². The minimum atomic E-state index is -0.430. The van der Waals surface area contributed by atoms with Crippen molar-refractivity contribution in [3.63, 3.8) is 0 Å². The van der Waals surface area contributed by atoms with Gasteiger partial charge in [-0.15, -0.1) is 0 Å². The molecule has 2 amide bonds. The van der Waals surface area contributed by atoms with Crippen LogP contribution < -0.4 is 20.3 Å². The molecule has 1 aromatic carbocycles. The third-order valence-corrected chi connectivity index (χ3v) is 3.20. The molecule has 0 saturated carbocycles. The van der Waals surface area contributed by atoms with Crippen LogP contribution in [0.25, 0.3) is 0 Å². The van der Waals surface area contributed by atoms with E-state index in [4.69, 9.17) is 16.3 Å². The van der Waals surface area contributed by atoms with Gasteiger partial charge in [0.05, 0.1) is 12.2 Å². The molecule has 8 heteroatoms. The molecule has 0 fully saturated rings. The van der Waals surface area contributed by atoms with Crippen LogP contribution in [0.4, 0.5) is 5.69 Å². The SMILES string of the molecule is CC(=O)NCCNC(=O)CN1CC(=O)Oc2ccc(Cl)cc21. The van der Waals surface area contributed by atoms with Gasteiger partial charge in [-0.05, 0) is 18.2 Å². The predicted octanol–water partition coefficient (Wildman–Crippen LogP) is 0.318. The smallest absolute Gasteiger partial charge is 0.331 e. The Labute approximate surface area is 132 Å². The topological polar surface area (TPSA) is 87.7 Å². The summed E-state index contributed by atoms with van der Waals surface area (Å²) in [6.07, 6.45) is 0. The van der Waals surface area contributed by atoms with Crippen LogP contribution >= 0.6 is 11.6 Å². The highest BCUT2D eigenvalue weighted by Gasteiger charge is 2.25. The van der Waals surface area contributed by atoms with Crippen molar-refractivity contribution in [2.75, 3.05) is 31.1 Å². The molecule has 0 aromatic heterocycles. The Kier molecular flexibility index (Phi) is 5.21. The van der Waals surface area contributed by atoms with Gasteiger partial charge in [0.15, 0.2) is 5.75 Å². The maximum Gasteiger partial charge on any atom is 0.331 e. The van der Waals surface area contributed by atoms with Gasteiger partial charge in [0.2, 0.25) is 11.8 Å². The molecule has 1 aromatic rings. The second kappa shape index (κ2) is 7.13. The second-order valence-electron chi connectivity index (χ2n) is 4.78. The van der Waals surface area contributed by atoms with Crippen molar-refractivity contribution in [1.29, 1.82) is 0 Å². The van der Waals surface area contributed by atoms with Crippen LogP contribution in [0.1, 0.15) is 6.92 Å². The number of nitrogens with one attached hydrogen (secondary N) is 2. The van der Waals surface area contributed by atoms with Crippen molar-refractivity contribution >= 4 is 35.1 Å². The van der Waals surface area contributed by atoms with E-state index in [2.05, 4.69) is 10.6 Å². The fraction of sp³-hybridized carbons (Fsp3) is 0.357. The first-order chi connectivity index (χ1) is 10.5. The zero-order valence-corrected chi connectivity index (χ0v) is 12.8. The molecule has 1 aliphatic heterocycles. The second-order valence-corrected chi connectivity index (χ2v) is 5.21. The van der Waals surface area contributed by atoms with E-state index in [0.717, 1.165) is 0 Å². The highest BCUT2D eigenvalue weighted by Crippen LogP contribution is 2.34. The van der Waals surface area contributed by atoms with Crippen molar-refractivity contribution in [2.24, 2.45) is 0 Å². The summed E-state index contributed by atoms with van der Waals surface area (Å²) in [5.74, 6) is -0.463. The van der Waals surface area contributed by atoms with E-state index in [1.807, 2.05) is 0 Å². The largest absolute Gasteiger partial charge is 0.423 e. The first kappa shape index (κ1) is 16.1. The number of carbonyl (C=O) groups excluding carboxylic acids is 3. The van der Waals surface area contributed by atoms with Gasteiger partial charge in [0, 0.05) is 25.0 Å². The molecule has 0 radical (unpaired) electrons. The fourth-order valence-electron chi connectivity index (χ4n) is 2.03. The molecule has 22 heavy (non-hydrogen) atoms. The number of hydrogen-bond donors (Lipinski definition) is 2. The summed E-state index contributed by atoms with van der Waals surface area (Å²) in [6, 6.07) is 4.86. The van der Waals surface area contributed by atoms with Crippen molar-refractivity contribution in [3.8, 4) is 5.75 Å². The molecular formula is C14H16ClN3O4. The number of anilines is 1. The van der Waals surface area contributed by atoms with E-state index < -0.39 is 5.97 Å². The van der Waals surface area contributed by atoms with Gasteiger partial charge in [-0.3, -0.25) is 9.59 Å². The van der Waals surface area contributed by atoms with E-state index in [9.17, 15) is 14.4 Å². The maximum atomic E-state index is 11.9. The first-order valence-corrected chi connectivity index (χ1v) is 7.10. The lowest BCUT2D eigenvalue weighted by atomic mass is 10.2. The molecule has 0 saturated heterocycles. The molecular weight excluding hydrogens is 310 g/mol. The number of hydrogen-bond acceptors (Lipinski definition) is 5. The lowest BCUT2D eigenvalue weighted by Gasteiger charge is -2.29. The van der Waals surface area contributed by atoms with Gasteiger partial charge in [0.1, 0.15) is 6.54 Å². The molecule has 2 rings (SSSR count). The summed E-state index contributed by atoms with van der Waals surface area (Å²) in [5.41, 5.74) is 0.601. The third kappa shape index (κ3) is 4.36. The molecule has 0 aliphatic carbocycles. The van der Waals surface area contributed by atoms with Crippen LogP contribution in [0.15, 0.2) is 18.2 Å². The van der Waals surface area contributed by atoms with Crippen molar-refractivity contribution in [2.45, 2.75) is 6.92 Å². The number of halogens is 1. The van der Waals surface area contributed by atoms with Crippen LogP contribution in [0.2, 0.25) is 5.02 Å². The van der Waals surface area contributed by atoms with E-state index in [-0.39, 0.29) is 24.9 Å². The molecule has 0 bridgehead atoms. The lowest BCUT2D eigenvalue weighted by molar-refractivity contribution is -0.133. The number of amides is 2. The minimum absolute atomic E-state index is 0.00249. The predicted molar refractivity (Wildman–Crippen MR) is 81.0 cm³/mol. The first-order valence-electron chi connectivity index (χ1n) is 6.72. The Hall–Kier alpha value is -2.28. The van der Waals surface area contributed by atoms with Crippen LogP contribution in [0.3, 0.4) is 0 Å². The highest BCUT2D eigenvalue weighted by molar-refractivity contribution is 6.31. The monoisotopic (exact) mass is 325 g/mol. The summed E-state index contributed by atoms with van der Waals surface area (Å²) in [4.78, 5) is 35.8. The van der Waals surface area contributed by atoms with E-state index in [0.29, 0.717) is 29.5 Å². The van der Waals surface area contributed by atoms with Crippen molar-refractivity contribution < 1.29 is 19.1 Å². The molecule has 0 atom stereocenters. The Morgan fingerprint density at radius 1 is 1.32 bits per heavy atom. The zero-order valence-electron chi connectivity index (χ0n) is 12.0. The molecule has 118 valence electrons. The third-order valence-electron chi connectivity index (χ3n) is 2.96. The van der Waals surface area contributed by atoms with Gasteiger partial charge < -0.3 is 20.3 Å². The quantitative estimate of drug-likeness (QED) is 0.462. The molecule has 0 unspecified atom stereocenters. The van der Waals surface area contributed by atoms with E-state index in [1.165, 1.54) is 6.92 Å². The normalized spacial score (nSPS) is 13.2. The van der Waals surface area contributed by atoms with Crippen LogP contribution in [0.5, 0.6) is 5.75 Å². The average Bonchev–Trinajstić information content (AvgIpc) is 2.44. The molecule has 1 heterocycles. The fourth-order valence-corrected chi connectivity index (χ4v) is 2.20. The van der Waals surface area contributed by atoms with Gasteiger partial charge in [0.25, 0.3) is 0 Å². The molecule has 2 N–H and O–H groups in total. The van der Waals surface area contributed by atoms with Crippen molar-refractivity contribution in [1.82, 2.24) is 10.6 Å². The molecule has 0 spiro atoms. The van der Waals surface area contributed by atoms with E-state index in [1.54, 1.807) is 23.1 Å². The van der Waals surface area contributed by atoms with Gasteiger partial charge in [-0.2, -0.15) is 0 Å². The van der Waals surface area contributed by atoms with Crippen LogP contribution in [0, 0.1) is 0 Å². The summed E-state index contributed by atoms with van der Waals surface area (Å²) in [7, 11) is 0. The highest BCUT2D eigenvalue weighted by atomic mass is 35.5. The average molecular weight is 326 g/mol. The minimum Gasteiger partial charge on any atom is -0.423 e. The number of benzene rings is 1. The standard InChI is InChI=1S/C14H16ClN3O4/c1-9(19)16-4-5-17-13(20)7-18-8-14(21)22-12-3-2-10(15)6-11(12)18/h2-3,6H,4-5,7-8H2,1H3,(H,16,19)(H,17,20). The number of fused-ring (bicyclic) bond motifs is 1. The Bertz CT molecular complexity index is 606. The summed E-state index contributed by atoms with van der Waals surface area (Å²) in [6.45, 7) is 2.06. The molecule has 7 nitrogen and oxygen atoms in total. The lowest BCUT2D eigenvalue weighted by Crippen LogP contribution is -2.44. The zero-order chi connectivity index (χ0) is 16.1. The number of nitrogens with zero attached hydrogens (tertiary/aromatic N) is 1. The van der Waals surface area contributed by atoms with Crippen molar-refractivity contribution in [3.05, 3.63) is 23.2 Å². The van der Waals surface area contributed by atoms with Crippen LogP contribution in [-0.4, -0.2) is 44.0 Å². The summed E-state index contributed by atoms with van der Waals surface area (Å²) in [5, 5.41) is 5.73. The van der Waals surface area contributed by atoms with E-state index >= 15 is 0 Å². The van der Waals surface area contributed by atoms with Gasteiger partial charge in [-0.1, -0.05) is 11.6 Å². The maximum absolute atomic E-state index is 11.9.